The minimum absolute atomic E-state index is 0.0694. The highest BCUT2D eigenvalue weighted by atomic mass is 16.3. The van der Waals surface area contributed by atoms with Crippen LogP contribution in [0.25, 0.3) is 0 Å². The maximum atomic E-state index is 11.0. The van der Waals surface area contributed by atoms with Crippen LogP contribution in [0.3, 0.4) is 0 Å². The van der Waals surface area contributed by atoms with Gasteiger partial charge >= 0.3 is 0 Å². The minimum atomic E-state index is -0.452. The molecular formula is C7H14NO4. The molecule has 1 radical (unpaired) electrons. The van der Waals surface area contributed by atoms with Gasteiger partial charge in [0.25, 0.3) is 0 Å². The fraction of sp³-hybridized carbons (Fsp3) is 0.857. The van der Waals surface area contributed by atoms with Crippen LogP contribution in [0, 0.1) is 0 Å². The maximum Gasteiger partial charge on any atom is 0.225 e. The summed E-state index contributed by atoms with van der Waals surface area (Å²) in [6.45, 7) is -0.389. The number of amides is 1. The van der Waals surface area contributed by atoms with Crippen LogP contribution in [0.2, 0.25) is 0 Å². The van der Waals surface area contributed by atoms with Crippen molar-refractivity contribution in [3.8, 4) is 0 Å². The third-order valence-corrected chi connectivity index (χ3v) is 1.41. The fourth-order valence-corrected chi connectivity index (χ4v) is 0.848. The molecule has 0 aromatic rings. The number of aliphatic hydroxyl groups excluding tert-OH is 2. The van der Waals surface area contributed by atoms with Crippen molar-refractivity contribution in [2.75, 3.05) is 32.9 Å². The van der Waals surface area contributed by atoms with Gasteiger partial charge in [-0.2, -0.15) is 0 Å². The lowest BCUT2D eigenvalue weighted by Gasteiger charge is -2.19. The van der Waals surface area contributed by atoms with Crippen LogP contribution < -0.4 is 0 Å². The molecular weight excluding hydrogens is 162 g/mol. The highest BCUT2D eigenvalue weighted by molar-refractivity contribution is 5.76. The zero-order valence-electron chi connectivity index (χ0n) is 6.90. The van der Waals surface area contributed by atoms with Crippen molar-refractivity contribution >= 4 is 5.91 Å². The Hall–Kier alpha value is -0.650. The number of aliphatic hydroxyl groups is 2. The van der Waals surface area contributed by atoms with Gasteiger partial charge in [0.1, 0.15) is 0 Å². The van der Waals surface area contributed by atoms with Gasteiger partial charge in [0.15, 0.2) is 0 Å². The van der Waals surface area contributed by atoms with Crippen molar-refractivity contribution in [2.45, 2.75) is 6.42 Å². The SMILES string of the molecule is [O]CCC(=O)N(CCO)CCO. The van der Waals surface area contributed by atoms with Gasteiger partial charge < -0.3 is 15.1 Å². The molecule has 5 heteroatoms. The lowest BCUT2D eigenvalue weighted by molar-refractivity contribution is -0.133. The zero-order valence-corrected chi connectivity index (χ0v) is 6.90. The van der Waals surface area contributed by atoms with Crippen LogP contribution in [0.4, 0.5) is 0 Å². The summed E-state index contributed by atoms with van der Waals surface area (Å²) < 4.78 is 0. The smallest absolute Gasteiger partial charge is 0.225 e. The monoisotopic (exact) mass is 176 g/mol. The molecule has 1 amide bonds. The van der Waals surface area contributed by atoms with E-state index in [0.29, 0.717) is 0 Å². The Morgan fingerprint density at radius 2 is 1.67 bits per heavy atom. The lowest BCUT2D eigenvalue weighted by Crippen LogP contribution is -2.36. The van der Waals surface area contributed by atoms with E-state index in [2.05, 4.69) is 0 Å². The molecule has 0 aliphatic heterocycles. The summed E-state index contributed by atoms with van der Waals surface area (Å²) in [5.41, 5.74) is 0. The van der Waals surface area contributed by atoms with Crippen LogP contribution in [0.15, 0.2) is 0 Å². The Kier molecular flexibility index (Phi) is 6.64. The molecule has 0 rings (SSSR count). The van der Waals surface area contributed by atoms with Crippen LogP contribution in [0.5, 0.6) is 0 Å². The van der Waals surface area contributed by atoms with Gasteiger partial charge in [-0.05, 0) is 0 Å². The van der Waals surface area contributed by atoms with Crippen LogP contribution in [0.1, 0.15) is 6.42 Å². The number of rotatable bonds is 6. The van der Waals surface area contributed by atoms with Gasteiger partial charge in [-0.15, -0.1) is 0 Å². The van der Waals surface area contributed by atoms with Crippen molar-refractivity contribution in [3.63, 3.8) is 0 Å². The molecule has 0 aromatic carbocycles. The number of hydrogen-bond donors (Lipinski definition) is 2. The molecule has 12 heavy (non-hydrogen) atoms. The predicted molar refractivity (Wildman–Crippen MR) is 40.9 cm³/mol. The van der Waals surface area contributed by atoms with E-state index < -0.39 is 6.61 Å². The standard InChI is InChI=1S/C7H14NO4/c9-4-1-7(12)8(2-5-10)3-6-11/h10-11H,1-6H2. The molecule has 0 aliphatic rings. The topological polar surface area (TPSA) is 80.7 Å². The van der Waals surface area contributed by atoms with E-state index in [4.69, 9.17) is 10.2 Å². The summed E-state index contributed by atoms with van der Waals surface area (Å²) in [6.07, 6.45) is -0.0694. The van der Waals surface area contributed by atoms with E-state index in [-0.39, 0.29) is 38.6 Å². The van der Waals surface area contributed by atoms with Crippen molar-refractivity contribution in [2.24, 2.45) is 0 Å². The Bertz CT molecular complexity index is 123. The largest absolute Gasteiger partial charge is 0.395 e. The van der Waals surface area contributed by atoms with Gasteiger partial charge in [-0.1, -0.05) is 0 Å². The number of hydrogen-bond acceptors (Lipinski definition) is 3. The summed E-state index contributed by atoms with van der Waals surface area (Å²) in [7, 11) is 0. The second-order valence-corrected chi connectivity index (χ2v) is 2.28. The van der Waals surface area contributed by atoms with E-state index in [1.165, 1.54) is 4.90 Å². The first-order valence-electron chi connectivity index (χ1n) is 3.83. The van der Waals surface area contributed by atoms with Crippen LogP contribution >= 0.6 is 0 Å². The average Bonchev–Trinajstić information content (AvgIpc) is 2.04. The quantitative estimate of drug-likeness (QED) is 0.523. The lowest BCUT2D eigenvalue weighted by atomic mass is 10.3. The molecule has 0 fully saturated rings. The summed E-state index contributed by atoms with van der Waals surface area (Å²) >= 11 is 0. The highest BCUT2D eigenvalue weighted by Gasteiger charge is 2.10. The fourth-order valence-electron chi connectivity index (χ4n) is 0.848. The van der Waals surface area contributed by atoms with Gasteiger partial charge in [0.2, 0.25) is 5.91 Å². The summed E-state index contributed by atoms with van der Waals surface area (Å²) in [5, 5.41) is 27.1. The van der Waals surface area contributed by atoms with E-state index in [1.54, 1.807) is 0 Å². The first kappa shape index (κ1) is 11.4. The predicted octanol–water partition coefficient (Wildman–Crippen LogP) is -1.38. The van der Waals surface area contributed by atoms with Gasteiger partial charge in [0.05, 0.1) is 26.2 Å². The van der Waals surface area contributed by atoms with Crippen molar-refractivity contribution in [1.82, 2.24) is 4.90 Å². The van der Waals surface area contributed by atoms with E-state index in [0.717, 1.165) is 0 Å². The van der Waals surface area contributed by atoms with Crippen molar-refractivity contribution in [3.05, 3.63) is 0 Å². The summed E-state index contributed by atoms with van der Waals surface area (Å²) in [4.78, 5) is 12.3. The minimum Gasteiger partial charge on any atom is -0.395 e. The Balaban J connectivity index is 3.81. The third kappa shape index (κ3) is 4.27. The molecule has 2 N–H and O–H groups in total. The first-order chi connectivity index (χ1) is 5.76. The normalized spacial score (nSPS) is 9.92. The first-order valence-corrected chi connectivity index (χ1v) is 3.83. The molecule has 0 atom stereocenters. The van der Waals surface area contributed by atoms with Crippen LogP contribution in [-0.4, -0.2) is 53.9 Å². The number of carbonyl (C=O) groups excluding carboxylic acids is 1. The third-order valence-electron chi connectivity index (χ3n) is 1.41. The Labute approximate surface area is 71.2 Å². The summed E-state index contributed by atoms with van der Waals surface area (Å²) in [6, 6.07) is 0. The molecule has 71 valence electrons. The van der Waals surface area contributed by atoms with E-state index >= 15 is 0 Å². The van der Waals surface area contributed by atoms with Gasteiger partial charge in [-0.25, -0.2) is 5.11 Å². The molecule has 0 unspecified atom stereocenters. The average molecular weight is 176 g/mol. The van der Waals surface area contributed by atoms with Gasteiger partial charge in [0, 0.05) is 13.1 Å². The van der Waals surface area contributed by atoms with Crippen molar-refractivity contribution in [1.29, 1.82) is 0 Å². The molecule has 0 spiro atoms. The molecule has 5 nitrogen and oxygen atoms in total. The molecule has 0 aliphatic carbocycles. The van der Waals surface area contributed by atoms with E-state index in [9.17, 15) is 9.90 Å². The molecule has 0 bridgehead atoms. The highest BCUT2D eigenvalue weighted by Crippen LogP contribution is 1.92. The molecule has 0 aromatic heterocycles. The van der Waals surface area contributed by atoms with Crippen molar-refractivity contribution < 1.29 is 20.1 Å². The Morgan fingerprint density at radius 1 is 1.17 bits per heavy atom. The Morgan fingerprint density at radius 3 is 2.00 bits per heavy atom. The molecule has 0 heterocycles. The molecule has 0 saturated carbocycles. The number of carbonyl (C=O) groups is 1. The van der Waals surface area contributed by atoms with Gasteiger partial charge in [-0.3, -0.25) is 4.79 Å². The molecule has 0 saturated heterocycles. The van der Waals surface area contributed by atoms with E-state index in [1.807, 2.05) is 0 Å². The second-order valence-electron chi connectivity index (χ2n) is 2.28. The van der Waals surface area contributed by atoms with Crippen LogP contribution in [-0.2, 0) is 9.90 Å². The second kappa shape index (κ2) is 7.02. The summed E-state index contributed by atoms with van der Waals surface area (Å²) in [5.74, 6) is -0.312. The zero-order chi connectivity index (χ0) is 9.40. The number of nitrogens with zero attached hydrogens (tertiary/aromatic N) is 1. The maximum absolute atomic E-state index is 11.0.